The highest BCUT2D eigenvalue weighted by Crippen LogP contribution is 2.45. The van der Waals surface area contributed by atoms with Gasteiger partial charge in [-0.3, -0.25) is 15.1 Å². The van der Waals surface area contributed by atoms with Gasteiger partial charge in [-0.05, 0) is 57.2 Å². The molecule has 0 aliphatic rings. The van der Waals surface area contributed by atoms with Crippen molar-refractivity contribution in [2.24, 2.45) is 0 Å². The lowest BCUT2D eigenvalue weighted by atomic mass is 10.3. The van der Waals surface area contributed by atoms with E-state index in [4.69, 9.17) is 18.6 Å². The van der Waals surface area contributed by atoms with Crippen LogP contribution < -0.4 is 19.6 Å². The summed E-state index contributed by atoms with van der Waals surface area (Å²) in [6, 6.07) is 14.2. The molecule has 0 aliphatic carbocycles. The molecule has 2 unspecified atom stereocenters. The number of hydrogen-bond donors (Lipinski definition) is 2. The van der Waals surface area contributed by atoms with Crippen LogP contribution in [0, 0.1) is 0 Å². The van der Waals surface area contributed by atoms with E-state index in [0.717, 1.165) is 0 Å². The smallest absolute Gasteiger partial charge is 0.462 e. The highest BCUT2D eigenvalue weighted by atomic mass is 31.2. The Morgan fingerprint density at radius 3 is 2.04 bits per heavy atom. The van der Waals surface area contributed by atoms with Crippen molar-refractivity contribution >= 4 is 19.4 Å². The summed E-state index contributed by atoms with van der Waals surface area (Å²) in [5.41, 5.74) is 3.36. The number of hydrogen-bond acceptors (Lipinski definition) is 7. The molecule has 0 aliphatic heterocycles. The fourth-order valence-corrected chi connectivity index (χ4v) is 3.68. The predicted molar refractivity (Wildman–Crippen MR) is 106 cm³/mol. The normalized spacial score (nSPS) is 14.0. The summed E-state index contributed by atoms with van der Waals surface area (Å²) >= 11 is 0. The highest BCUT2D eigenvalue weighted by molar-refractivity contribution is 7.52. The van der Waals surface area contributed by atoms with E-state index in [1.807, 2.05) is 0 Å². The summed E-state index contributed by atoms with van der Waals surface area (Å²) in [6.45, 7) is 4.99. The van der Waals surface area contributed by atoms with Crippen molar-refractivity contribution < 1.29 is 28.0 Å². The molecule has 28 heavy (non-hydrogen) atoms. The second-order valence-electron chi connectivity index (χ2n) is 6.16. The average Bonchev–Trinajstić information content (AvgIpc) is 2.63. The zero-order valence-corrected chi connectivity index (χ0v) is 17.1. The Labute approximate surface area is 164 Å². The minimum absolute atomic E-state index is 0.290. The lowest BCUT2D eigenvalue weighted by molar-refractivity contribution is -0.149. The summed E-state index contributed by atoms with van der Waals surface area (Å²) in [6.07, 6.45) is -0.298. The van der Waals surface area contributed by atoms with E-state index in [-0.39, 0.29) is 11.9 Å². The van der Waals surface area contributed by atoms with Gasteiger partial charge in [0.05, 0.1) is 18.9 Å². The first-order valence-electron chi connectivity index (χ1n) is 8.73. The number of benzene rings is 2. The summed E-state index contributed by atoms with van der Waals surface area (Å²) in [5.74, 6) is 0.0633. The Balaban J connectivity index is 2.20. The highest BCUT2D eigenvalue weighted by Gasteiger charge is 2.34. The molecule has 0 amide bonds. The van der Waals surface area contributed by atoms with E-state index in [0.29, 0.717) is 11.4 Å². The van der Waals surface area contributed by atoms with Crippen LogP contribution in [0.15, 0.2) is 54.6 Å². The average molecular weight is 408 g/mol. The van der Waals surface area contributed by atoms with Gasteiger partial charge in [0.1, 0.15) is 17.5 Å². The van der Waals surface area contributed by atoms with Crippen molar-refractivity contribution in [1.29, 1.82) is 0 Å². The van der Waals surface area contributed by atoms with Gasteiger partial charge in [0.15, 0.2) is 0 Å². The molecule has 9 heteroatoms. The molecule has 2 aromatic carbocycles. The molecule has 0 fully saturated rings. The van der Waals surface area contributed by atoms with E-state index in [9.17, 15) is 9.36 Å². The number of ether oxygens (including phenoxy) is 1. The Hall–Kier alpha value is -2.54. The minimum Gasteiger partial charge on any atom is -0.462 e. The molecule has 0 bridgehead atoms. The quantitative estimate of drug-likeness (QED) is 0.344. The van der Waals surface area contributed by atoms with Crippen molar-refractivity contribution in [3.63, 3.8) is 0 Å². The van der Waals surface area contributed by atoms with Crippen molar-refractivity contribution in [2.45, 2.75) is 32.9 Å². The molecule has 0 saturated carbocycles. The largest absolute Gasteiger partial charge is 0.513 e. The molecule has 0 heterocycles. The number of rotatable bonds is 10. The fourth-order valence-electron chi connectivity index (χ4n) is 2.16. The molecular weight excluding hydrogens is 383 g/mol. The van der Waals surface area contributed by atoms with Crippen LogP contribution in [-0.4, -0.2) is 25.2 Å². The number of carbonyl (C=O) groups is 1. The van der Waals surface area contributed by atoms with Crippen LogP contribution in [0.4, 0.5) is 5.69 Å². The van der Waals surface area contributed by atoms with E-state index >= 15 is 0 Å². The van der Waals surface area contributed by atoms with Gasteiger partial charge >= 0.3 is 13.7 Å². The van der Waals surface area contributed by atoms with Crippen LogP contribution in [0.2, 0.25) is 0 Å². The Kier molecular flexibility index (Phi) is 7.87. The van der Waals surface area contributed by atoms with Crippen LogP contribution in [0.1, 0.15) is 20.8 Å². The van der Waals surface area contributed by atoms with Gasteiger partial charge < -0.3 is 13.8 Å². The van der Waals surface area contributed by atoms with E-state index in [2.05, 4.69) is 10.6 Å². The third kappa shape index (κ3) is 6.88. The molecule has 0 spiro atoms. The van der Waals surface area contributed by atoms with Crippen molar-refractivity contribution in [3.8, 4) is 11.5 Å². The van der Waals surface area contributed by atoms with Gasteiger partial charge in [0, 0.05) is 0 Å². The van der Waals surface area contributed by atoms with Gasteiger partial charge in [0.2, 0.25) is 0 Å². The monoisotopic (exact) mass is 408 g/mol. The number of carbonyl (C=O) groups excluding carboxylic acids is 1. The summed E-state index contributed by atoms with van der Waals surface area (Å²) in [4.78, 5) is 16.9. The number of esters is 1. The SMILES string of the molecule is CONc1ccc(OP(=O)(NC(C)C(=O)OC(C)C)Oc2ccccc2)cc1. The molecule has 0 radical (unpaired) electrons. The predicted octanol–water partition coefficient (Wildman–Crippen LogP) is 4.16. The van der Waals surface area contributed by atoms with Crippen LogP contribution in [0.5, 0.6) is 11.5 Å². The van der Waals surface area contributed by atoms with E-state index < -0.39 is 19.8 Å². The molecule has 2 atom stereocenters. The van der Waals surface area contributed by atoms with Crippen molar-refractivity contribution in [2.75, 3.05) is 12.6 Å². The Bertz CT molecular complexity index is 798. The molecule has 8 nitrogen and oxygen atoms in total. The maximum atomic E-state index is 13.4. The molecule has 2 rings (SSSR count). The van der Waals surface area contributed by atoms with Crippen molar-refractivity contribution in [1.82, 2.24) is 5.09 Å². The molecule has 0 aromatic heterocycles. The standard InChI is InChI=1S/C19H25N2O6P/c1-14(2)25-19(22)15(3)21-28(23,26-17-8-6-5-7-9-17)27-18-12-10-16(11-13-18)20-24-4/h5-15,20H,1-4H3,(H,21,23). The van der Waals surface area contributed by atoms with Crippen molar-refractivity contribution in [3.05, 3.63) is 54.6 Å². The van der Waals surface area contributed by atoms with Crippen LogP contribution >= 0.6 is 7.75 Å². The maximum absolute atomic E-state index is 13.4. The van der Waals surface area contributed by atoms with Crippen LogP contribution in [-0.2, 0) is 18.9 Å². The fraction of sp³-hybridized carbons (Fsp3) is 0.316. The Morgan fingerprint density at radius 1 is 0.929 bits per heavy atom. The minimum atomic E-state index is -3.95. The lowest BCUT2D eigenvalue weighted by Gasteiger charge is -2.23. The third-order valence-corrected chi connectivity index (χ3v) is 4.93. The van der Waals surface area contributed by atoms with E-state index in [1.54, 1.807) is 68.4 Å². The number of nitrogens with one attached hydrogen (secondary N) is 2. The first-order chi connectivity index (χ1) is 13.3. The third-order valence-electron chi connectivity index (χ3n) is 3.33. The summed E-state index contributed by atoms with van der Waals surface area (Å²) < 4.78 is 29.7. The van der Waals surface area contributed by atoms with Gasteiger partial charge in [-0.1, -0.05) is 18.2 Å². The molecule has 152 valence electrons. The van der Waals surface area contributed by atoms with E-state index in [1.165, 1.54) is 14.0 Å². The second kappa shape index (κ2) is 10.1. The molecule has 2 aromatic rings. The summed E-state index contributed by atoms with van der Waals surface area (Å²) in [7, 11) is -2.46. The van der Waals surface area contributed by atoms with Gasteiger partial charge in [-0.25, -0.2) is 4.57 Å². The zero-order chi connectivity index (χ0) is 20.6. The van der Waals surface area contributed by atoms with Gasteiger partial charge in [-0.15, -0.1) is 0 Å². The molecular formula is C19H25N2O6P. The summed E-state index contributed by atoms with van der Waals surface area (Å²) in [5, 5.41) is 2.63. The number of para-hydroxylation sites is 1. The number of anilines is 1. The Morgan fingerprint density at radius 2 is 1.50 bits per heavy atom. The first kappa shape index (κ1) is 21.8. The van der Waals surface area contributed by atoms with Crippen LogP contribution in [0.3, 0.4) is 0 Å². The maximum Gasteiger partial charge on any atom is 0.513 e. The first-order valence-corrected chi connectivity index (χ1v) is 10.3. The lowest BCUT2D eigenvalue weighted by Crippen LogP contribution is -2.36. The van der Waals surface area contributed by atoms with Gasteiger partial charge in [-0.2, -0.15) is 5.09 Å². The zero-order valence-electron chi connectivity index (χ0n) is 16.2. The van der Waals surface area contributed by atoms with Gasteiger partial charge in [0.25, 0.3) is 0 Å². The second-order valence-corrected chi connectivity index (χ2v) is 7.78. The molecule has 0 saturated heterocycles. The van der Waals surface area contributed by atoms with Crippen LogP contribution in [0.25, 0.3) is 0 Å². The molecule has 2 N–H and O–H groups in total. The topological polar surface area (TPSA) is 95.1 Å².